The van der Waals surface area contributed by atoms with Crippen LogP contribution in [0.3, 0.4) is 0 Å². The van der Waals surface area contributed by atoms with Crippen molar-refractivity contribution < 1.29 is 14.6 Å². The number of carboxylic acids is 1. The van der Waals surface area contributed by atoms with E-state index < -0.39 is 12.0 Å². The molecule has 6 nitrogen and oxygen atoms in total. The summed E-state index contributed by atoms with van der Waals surface area (Å²) in [5.41, 5.74) is 0.520. The fourth-order valence-corrected chi connectivity index (χ4v) is 1.97. The van der Waals surface area contributed by atoms with Crippen LogP contribution in [0.2, 0.25) is 0 Å². The fraction of sp³-hybridized carbons (Fsp3) is 0.688. The molecule has 1 aromatic heterocycles. The molecule has 0 fully saturated rings. The van der Waals surface area contributed by atoms with Crippen LogP contribution in [0.25, 0.3) is 0 Å². The number of hydrogen-bond donors (Lipinski definition) is 2. The van der Waals surface area contributed by atoms with Crippen LogP contribution in [0.5, 0.6) is 0 Å². The number of carboxylic acid groups (broad SMARTS) is 1. The first-order valence-electron chi connectivity index (χ1n) is 7.64. The number of carbonyl (C=O) groups is 1. The highest BCUT2D eigenvalue weighted by Gasteiger charge is 2.22. The number of nitrogens with zero attached hydrogens (tertiary/aromatic N) is 2. The monoisotopic (exact) mass is 309 g/mol. The van der Waals surface area contributed by atoms with Gasteiger partial charge >= 0.3 is 5.97 Å². The number of anilines is 1. The quantitative estimate of drug-likeness (QED) is 0.768. The Morgan fingerprint density at radius 2 is 2.09 bits per heavy atom. The normalized spacial score (nSPS) is 13.0. The zero-order valence-corrected chi connectivity index (χ0v) is 14.1. The fourth-order valence-electron chi connectivity index (χ4n) is 1.97. The van der Waals surface area contributed by atoms with Crippen molar-refractivity contribution in [3.8, 4) is 0 Å². The van der Waals surface area contributed by atoms with Gasteiger partial charge in [-0.3, -0.25) is 0 Å². The minimum absolute atomic E-state index is 0.220. The molecular weight excluding hydrogens is 282 g/mol. The Bertz CT molecular complexity index is 498. The maximum atomic E-state index is 11.4. The van der Waals surface area contributed by atoms with Gasteiger partial charge in [0, 0.05) is 18.6 Å². The topological polar surface area (TPSA) is 84.3 Å². The maximum Gasteiger partial charge on any atom is 0.326 e. The van der Waals surface area contributed by atoms with Gasteiger partial charge in [-0.05, 0) is 6.42 Å². The highest BCUT2D eigenvalue weighted by molar-refractivity contribution is 5.76. The molecule has 1 heterocycles. The molecule has 0 unspecified atom stereocenters. The minimum Gasteiger partial charge on any atom is -0.480 e. The molecule has 2 N–H and O–H groups in total. The molecule has 0 bridgehead atoms. The molecule has 1 atom stereocenters. The number of unbranched alkanes of at least 4 members (excludes halogenated alkanes) is 1. The third-order valence-electron chi connectivity index (χ3n) is 3.21. The molecule has 22 heavy (non-hydrogen) atoms. The van der Waals surface area contributed by atoms with E-state index in [2.05, 4.69) is 15.3 Å². The summed E-state index contributed by atoms with van der Waals surface area (Å²) in [6.45, 7) is 8.47. The number of ether oxygens (including phenoxy) is 1. The van der Waals surface area contributed by atoms with Crippen LogP contribution in [-0.4, -0.2) is 34.2 Å². The van der Waals surface area contributed by atoms with Gasteiger partial charge in [-0.25, -0.2) is 14.8 Å². The highest BCUT2D eigenvalue weighted by Crippen LogP contribution is 2.21. The number of methoxy groups -OCH3 is 1. The lowest BCUT2D eigenvalue weighted by Crippen LogP contribution is -2.30. The van der Waals surface area contributed by atoms with Crippen molar-refractivity contribution in [3.63, 3.8) is 0 Å². The molecule has 0 saturated carbocycles. The molecule has 0 aliphatic heterocycles. The van der Waals surface area contributed by atoms with Crippen molar-refractivity contribution in [1.29, 1.82) is 0 Å². The van der Waals surface area contributed by atoms with Crippen LogP contribution in [0.4, 0.5) is 5.82 Å². The van der Waals surface area contributed by atoms with Crippen molar-refractivity contribution in [1.82, 2.24) is 9.97 Å². The Morgan fingerprint density at radius 1 is 1.41 bits per heavy atom. The summed E-state index contributed by atoms with van der Waals surface area (Å²) in [5, 5.41) is 12.4. The summed E-state index contributed by atoms with van der Waals surface area (Å²) in [7, 11) is 1.60. The van der Waals surface area contributed by atoms with Crippen molar-refractivity contribution >= 4 is 11.8 Å². The second-order valence-corrected chi connectivity index (χ2v) is 6.43. The Kier molecular flexibility index (Phi) is 6.74. The van der Waals surface area contributed by atoms with Crippen molar-refractivity contribution in [2.45, 2.75) is 65.0 Å². The molecule has 1 rings (SSSR count). The van der Waals surface area contributed by atoms with Crippen LogP contribution in [0.1, 0.15) is 58.5 Å². The van der Waals surface area contributed by atoms with Crippen molar-refractivity contribution in [2.75, 3.05) is 12.4 Å². The van der Waals surface area contributed by atoms with Gasteiger partial charge in [0.05, 0.1) is 12.3 Å². The van der Waals surface area contributed by atoms with Crippen LogP contribution in [0.15, 0.2) is 6.07 Å². The summed E-state index contributed by atoms with van der Waals surface area (Å²) in [6, 6.07) is 1.11. The molecule has 0 aromatic carbocycles. The molecule has 6 heteroatoms. The van der Waals surface area contributed by atoms with Gasteiger partial charge in [0.25, 0.3) is 0 Å². The Hall–Kier alpha value is -1.69. The lowest BCUT2D eigenvalue weighted by molar-refractivity contribution is -0.138. The van der Waals surface area contributed by atoms with E-state index in [1.54, 1.807) is 13.2 Å². The van der Waals surface area contributed by atoms with E-state index in [-0.39, 0.29) is 5.41 Å². The molecule has 124 valence electrons. The zero-order chi connectivity index (χ0) is 16.8. The first kappa shape index (κ1) is 18.4. The van der Waals surface area contributed by atoms with Gasteiger partial charge in [-0.15, -0.1) is 0 Å². The van der Waals surface area contributed by atoms with Gasteiger partial charge < -0.3 is 15.2 Å². The second kappa shape index (κ2) is 8.08. The maximum absolute atomic E-state index is 11.4. The number of aromatic nitrogens is 2. The summed E-state index contributed by atoms with van der Waals surface area (Å²) in [6.07, 6.45) is 2.38. The zero-order valence-electron chi connectivity index (χ0n) is 14.1. The van der Waals surface area contributed by atoms with E-state index in [1.807, 2.05) is 27.7 Å². The van der Waals surface area contributed by atoms with Crippen LogP contribution in [-0.2, 0) is 21.6 Å². The first-order valence-corrected chi connectivity index (χ1v) is 7.64. The second-order valence-electron chi connectivity index (χ2n) is 6.43. The van der Waals surface area contributed by atoms with Gasteiger partial charge in [0.1, 0.15) is 17.7 Å². The van der Waals surface area contributed by atoms with Gasteiger partial charge in [0.2, 0.25) is 0 Å². The average Bonchev–Trinajstić information content (AvgIpc) is 2.42. The number of hydrogen-bond acceptors (Lipinski definition) is 5. The van der Waals surface area contributed by atoms with Crippen LogP contribution >= 0.6 is 0 Å². The molecule has 0 amide bonds. The standard InChI is InChI=1S/C16H27N3O3/c1-6-7-8-12(14(20)21)18-13-9-11(10-22-5)17-15(19-13)16(2,3)4/h9,12H,6-8,10H2,1-5H3,(H,20,21)(H,17,18,19)/t12-/m0/s1. The van der Waals surface area contributed by atoms with E-state index in [9.17, 15) is 9.90 Å². The Morgan fingerprint density at radius 3 is 2.59 bits per heavy atom. The van der Waals surface area contributed by atoms with E-state index in [4.69, 9.17) is 4.74 Å². The minimum atomic E-state index is -0.863. The highest BCUT2D eigenvalue weighted by atomic mass is 16.5. The predicted octanol–water partition coefficient (Wildman–Crippen LogP) is 2.98. The van der Waals surface area contributed by atoms with E-state index >= 15 is 0 Å². The van der Waals surface area contributed by atoms with E-state index in [0.717, 1.165) is 18.5 Å². The summed E-state index contributed by atoms with van der Waals surface area (Å²) < 4.78 is 5.13. The summed E-state index contributed by atoms with van der Waals surface area (Å²) >= 11 is 0. The average molecular weight is 309 g/mol. The molecular formula is C16H27N3O3. The third-order valence-corrected chi connectivity index (χ3v) is 3.21. The number of nitrogens with one attached hydrogen (secondary N) is 1. The van der Waals surface area contributed by atoms with Crippen molar-refractivity contribution in [3.05, 3.63) is 17.6 Å². The SMILES string of the molecule is CCCC[C@H](Nc1cc(COC)nc(C(C)(C)C)n1)C(=O)O. The van der Waals surface area contributed by atoms with E-state index in [1.165, 1.54) is 0 Å². The number of rotatable bonds is 8. The van der Waals surface area contributed by atoms with Gasteiger partial charge in [-0.1, -0.05) is 40.5 Å². The molecule has 0 saturated heterocycles. The first-order chi connectivity index (χ1) is 10.3. The largest absolute Gasteiger partial charge is 0.480 e. The lowest BCUT2D eigenvalue weighted by Gasteiger charge is -2.20. The Labute approximate surface area is 132 Å². The predicted molar refractivity (Wildman–Crippen MR) is 86.0 cm³/mol. The molecule has 0 aliphatic carbocycles. The Balaban J connectivity index is 3.05. The van der Waals surface area contributed by atoms with Gasteiger partial charge in [0.15, 0.2) is 0 Å². The summed E-state index contributed by atoms with van der Waals surface area (Å²) in [5.74, 6) is 0.345. The van der Waals surface area contributed by atoms with Crippen LogP contribution < -0.4 is 5.32 Å². The van der Waals surface area contributed by atoms with Crippen molar-refractivity contribution in [2.24, 2.45) is 0 Å². The van der Waals surface area contributed by atoms with Gasteiger partial charge in [-0.2, -0.15) is 0 Å². The lowest BCUT2D eigenvalue weighted by atomic mass is 9.95. The molecule has 0 aliphatic rings. The molecule has 0 spiro atoms. The third kappa shape index (κ3) is 5.60. The molecule has 0 radical (unpaired) electrons. The van der Waals surface area contributed by atoms with Crippen LogP contribution in [0, 0.1) is 0 Å². The summed E-state index contributed by atoms with van der Waals surface area (Å²) in [4.78, 5) is 20.3. The molecule has 1 aromatic rings. The smallest absolute Gasteiger partial charge is 0.326 e. The number of aliphatic carboxylic acids is 1. The van der Waals surface area contributed by atoms with E-state index in [0.29, 0.717) is 24.7 Å².